The molecule has 0 aliphatic carbocycles. The van der Waals surface area contributed by atoms with Crippen LogP contribution in [-0.4, -0.2) is 40.8 Å². The van der Waals surface area contributed by atoms with Crippen LogP contribution in [0, 0.1) is 6.92 Å². The van der Waals surface area contributed by atoms with Crippen LogP contribution in [0.15, 0.2) is 52.7 Å². The lowest BCUT2D eigenvalue weighted by molar-refractivity contribution is 0.0697. The molecule has 2 amide bonds. The molecule has 1 N–H and O–H groups in total. The average Bonchev–Trinajstić information content (AvgIpc) is 3.44. The lowest BCUT2D eigenvalue weighted by Gasteiger charge is -2.32. The smallest absolute Gasteiger partial charge is 0.257 e. The number of nitrogens with zero attached hydrogens (tertiary/aromatic N) is 2. The number of aromatic nitrogens is 1. The largest absolute Gasteiger partial charge is 0.487 e. The summed E-state index contributed by atoms with van der Waals surface area (Å²) in [4.78, 5) is 31.1. The average molecular weight is 426 g/mol. The van der Waals surface area contributed by atoms with Crippen molar-refractivity contribution >= 4 is 23.2 Å². The fourth-order valence-electron chi connectivity index (χ4n) is 3.40. The zero-order valence-corrected chi connectivity index (χ0v) is 17.5. The summed E-state index contributed by atoms with van der Waals surface area (Å²) in [5, 5.41) is 6.05. The van der Waals surface area contributed by atoms with Crippen molar-refractivity contribution < 1.29 is 18.7 Å². The van der Waals surface area contributed by atoms with Crippen LogP contribution in [0.3, 0.4) is 0 Å². The van der Waals surface area contributed by atoms with E-state index in [1.165, 1.54) is 12.5 Å². The number of carbonyl (C=O) groups is 2. The molecule has 0 radical (unpaired) electrons. The molecule has 1 aliphatic rings. The molecule has 0 saturated carbocycles. The van der Waals surface area contributed by atoms with Gasteiger partial charge in [0.15, 0.2) is 0 Å². The van der Waals surface area contributed by atoms with E-state index in [9.17, 15) is 9.59 Å². The van der Waals surface area contributed by atoms with E-state index in [1.54, 1.807) is 46.6 Å². The molecule has 1 fully saturated rings. The Kier molecular flexibility index (Phi) is 6.13. The highest BCUT2D eigenvalue weighted by atomic mass is 32.1. The third-order valence-corrected chi connectivity index (χ3v) is 5.88. The fourth-order valence-corrected chi connectivity index (χ4v) is 4.00. The zero-order valence-electron chi connectivity index (χ0n) is 16.7. The van der Waals surface area contributed by atoms with Crippen molar-refractivity contribution in [1.82, 2.24) is 15.2 Å². The Labute approximate surface area is 178 Å². The number of piperidine rings is 1. The Hall–Kier alpha value is -3.13. The molecular formula is C22H23N3O4S. The molecule has 2 aromatic heterocycles. The Balaban J connectivity index is 1.24. The molecule has 7 nitrogen and oxygen atoms in total. The number of hydrogen-bond donors (Lipinski definition) is 1. The first-order valence-electron chi connectivity index (χ1n) is 9.85. The van der Waals surface area contributed by atoms with Crippen molar-refractivity contribution in [1.29, 1.82) is 0 Å². The van der Waals surface area contributed by atoms with Gasteiger partial charge in [-0.1, -0.05) is 0 Å². The number of likely N-dealkylation sites (tertiary alicyclic amines) is 1. The summed E-state index contributed by atoms with van der Waals surface area (Å²) in [7, 11) is 0. The maximum atomic E-state index is 12.6. The van der Waals surface area contributed by atoms with Gasteiger partial charge in [0.25, 0.3) is 11.8 Å². The van der Waals surface area contributed by atoms with Gasteiger partial charge in [-0.3, -0.25) is 9.59 Å². The standard InChI is InChI=1S/C22H23N3O4S/c1-15-23-19(14-30-15)13-29-20-4-2-16(3-5-20)21(26)24-18-6-9-25(10-7-18)22(27)17-8-11-28-12-17/h2-5,8,11-12,14,18H,6-7,9-10,13H2,1H3,(H,24,26). The van der Waals surface area contributed by atoms with E-state index >= 15 is 0 Å². The number of ether oxygens (including phenoxy) is 1. The summed E-state index contributed by atoms with van der Waals surface area (Å²) in [6.45, 7) is 3.59. The number of rotatable bonds is 6. The highest BCUT2D eigenvalue weighted by Crippen LogP contribution is 2.17. The van der Waals surface area contributed by atoms with E-state index in [1.807, 2.05) is 12.3 Å². The second-order valence-corrected chi connectivity index (χ2v) is 8.29. The van der Waals surface area contributed by atoms with Crippen molar-refractivity contribution in [2.24, 2.45) is 0 Å². The van der Waals surface area contributed by atoms with Gasteiger partial charge in [-0.15, -0.1) is 11.3 Å². The van der Waals surface area contributed by atoms with Crippen LogP contribution in [0.2, 0.25) is 0 Å². The maximum absolute atomic E-state index is 12.6. The monoisotopic (exact) mass is 425 g/mol. The quantitative estimate of drug-likeness (QED) is 0.652. The summed E-state index contributed by atoms with van der Waals surface area (Å²) in [5.41, 5.74) is 2.05. The van der Waals surface area contributed by atoms with Crippen molar-refractivity contribution in [3.63, 3.8) is 0 Å². The predicted octanol–water partition coefficient (Wildman–Crippen LogP) is 3.66. The summed E-state index contributed by atoms with van der Waals surface area (Å²) >= 11 is 1.59. The minimum atomic E-state index is -0.115. The van der Waals surface area contributed by atoms with Gasteiger partial charge in [0.05, 0.1) is 22.5 Å². The highest BCUT2D eigenvalue weighted by Gasteiger charge is 2.25. The first kappa shape index (κ1) is 20.2. The molecule has 0 bridgehead atoms. The molecule has 1 aromatic carbocycles. The lowest BCUT2D eigenvalue weighted by atomic mass is 10.0. The fraction of sp³-hybridized carbons (Fsp3) is 0.318. The van der Waals surface area contributed by atoms with Crippen molar-refractivity contribution in [2.45, 2.75) is 32.4 Å². The van der Waals surface area contributed by atoms with E-state index in [0.717, 1.165) is 23.5 Å². The molecule has 0 unspecified atom stereocenters. The molecule has 0 atom stereocenters. The van der Waals surface area contributed by atoms with Gasteiger partial charge >= 0.3 is 0 Å². The lowest BCUT2D eigenvalue weighted by Crippen LogP contribution is -2.46. The summed E-state index contributed by atoms with van der Waals surface area (Å²) in [6, 6.07) is 8.82. The third-order valence-electron chi connectivity index (χ3n) is 5.06. The van der Waals surface area contributed by atoms with Crippen LogP contribution in [0.1, 0.15) is 44.3 Å². The van der Waals surface area contributed by atoms with E-state index in [0.29, 0.717) is 36.6 Å². The van der Waals surface area contributed by atoms with Crippen LogP contribution in [0.5, 0.6) is 5.75 Å². The van der Waals surface area contributed by atoms with Crippen LogP contribution in [-0.2, 0) is 6.61 Å². The number of benzene rings is 1. The predicted molar refractivity (Wildman–Crippen MR) is 113 cm³/mol. The SMILES string of the molecule is Cc1nc(COc2ccc(C(=O)NC3CCN(C(=O)c4ccoc4)CC3)cc2)cs1. The van der Waals surface area contributed by atoms with E-state index < -0.39 is 0 Å². The van der Waals surface area contributed by atoms with Gasteiger partial charge < -0.3 is 19.4 Å². The molecule has 0 spiro atoms. The minimum Gasteiger partial charge on any atom is -0.487 e. The maximum Gasteiger partial charge on any atom is 0.257 e. The summed E-state index contributed by atoms with van der Waals surface area (Å²) in [6.07, 6.45) is 4.41. The van der Waals surface area contributed by atoms with E-state index in [2.05, 4.69) is 10.3 Å². The molecular weight excluding hydrogens is 402 g/mol. The van der Waals surface area contributed by atoms with Crippen LogP contribution in [0.4, 0.5) is 0 Å². The molecule has 3 aromatic rings. The number of furan rings is 1. The van der Waals surface area contributed by atoms with E-state index in [-0.39, 0.29) is 17.9 Å². The zero-order chi connectivity index (χ0) is 20.9. The van der Waals surface area contributed by atoms with Crippen LogP contribution >= 0.6 is 11.3 Å². The first-order chi connectivity index (χ1) is 14.6. The first-order valence-corrected chi connectivity index (χ1v) is 10.7. The molecule has 30 heavy (non-hydrogen) atoms. The second kappa shape index (κ2) is 9.13. The number of thiazole rings is 1. The third kappa shape index (κ3) is 4.88. The molecule has 4 rings (SSSR count). The number of aryl methyl sites for hydroxylation is 1. The molecule has 1 aliphatic heterocycles. The normalized spacial score (nSPS) is 14.5. The van der Waals surface area contributed by atoms with Crippen LogP contribution in [0.25, 0.3) is 0 Å². The van der Waals surface area contributed by atoms with Crippen LogP contribution < -0.4 is 10.1 Å². The van der Waals surface area contributed by atoms with E-state index in [4.69, 9.17) is 9.15 Å². The molecule has 8 heteroatoms. The summed E-state index contributed by atoms with van der Waals surface area (Å²) < 4.78 is 10.7. The molecule has 3 heterocycles. The Morgan fingerprint density at radius 3 is 2.60 bits per heavy atom. The minimum absolute atomic E-state index is 0.0306. The highest BCUT2D eigenvalue weighted by molar-refractivity contribution is 7.09. The second-order valence-electron chi connectivity index (χ2n) is 7.22. The number of carbonyl (C=O) groups excluding carboxylic acids is 2. The Morgan fingerprint density at radius 2 is 1.97 bits per heavy atom. The number of amides is 2. The Bertz CT molecular complexity index is 990. The topological polar surface area (TPSA) is 84.7 Å². The van der Waals surface area contributed by atoms with Crippen molar-refractivity contribution in [2.75, 3.05) is 13.1 Å². The molecule has 1 saturated heterocycles. The Morgan fingerprint density at radius 1 is 1.20 bits per heavy atom. The van der Waals surface area contributed by atoms with Gasteiger partial charge in [0, 0.05) is 30.1 Å². The van der Waals surface area contributed by atoms with Gasteiger partial charge in [-0.05, 0) is 50.1 Å². The van der Waals surface area contributed by atoms with Gasteiger partial charge in [0.1, 0.15) is 18.6 Å². The van der Waals surface area contributed by atoms with Gasteiger partial charge in [-0.2, -0.15) is 0 Å². The van der Waals surface area contributed by atoms with Crippen molar-refractivity contribution in [3.05, 3.63) is 70.1 Å². The summed E-state index contributed by atoms with van der Waals surface area (Å²) in [5.74, 6) is 0.552. The number of nitrogens with one attached hydrogen (secondary N) is 1. The van der Waals surface area contributed by atoms with Crippen molar-refractivity contribution in [3.8, 4) is 5.75 Å². The van der Waals surface area contributed by atoms with Gasteiger partial charge in [0.2, 0.25) is 0 Å². The molecule has 156 valence electrons. The van der Waals surface area contributed by atoms with Gasteiger partial charge in [-0.25, -0.2) is 4.98 Å². The number of hydrogen-bond acceptors (Lipinski definition) is 6.